The summed E-state index contributed by atoms with van der Waals surface area (Å²) in [6, 6.07) is 1.89. The molecule has 1 aromatic rings. The number of carbonyl (C=O) groups is 1. The molecule has 1 heterocycles. The number of rotatable bonds is 4. The molecule has 3 N–H and O–H groups in total. The van der Waals surface area contributed by atoms with Crippen molar-refractivity contribution in [2.24, 2.45) is 5.73 Å². The molecule has 0 saturated carbocycles. The predicted molar refractivity (Wildman–Crippen MR) is 81.8 cm³/mol. The zero-order valence-electron chi connectivity index (χ0n) is 12.7. The minimum absolute atomic E-state index is 0.346. The Morgan fingerprint density at radius 3 is 2.45 bits per heavy atom. The standard InChI is InChI=1S/C14H23BrN2O3/c1-9-6-10(15)19-11(9)14(5,7-16)8-17-12(18)20-13(2,3)4/h6H,7-8,16H2,1-5H3,(H,17,18). The molecule has 114 valence electrons. The molecule has 0 aliphatic heterocycles. The van der Waals surface area contributed by atoms with Gasteiger partial charge in [-0.25, -0.2) is 4.79 Å². The molecule has 1 atom stereocenters. The van der Waals surface area contributed by atoms with Gasteiger partial charge in [0.2, 0.25) is 0 Å². The van der Waals surface area contributed by atoms with Crippen molar-refractivity contribution in [1.82, 2.24) is 5.32 Å². The van der Waals surface area contributed by atoms with Crippen molar-refractivity contribution < 1.29 is 13.9 Å². The molecule has 6 heteroatoms. The van der Waals surface area contributed by atoms with E-state index in [2.05, 4.69) is 21.2 Å². The van der Waals surface area contributed by atoms with Crippen LogP contribution < -0.4 is 11.1 Å². The first kappa shape index (κ1) is 17.0. The van der Waals surface area contributed by atoms with Gasteiger partial charge in [0.1, 0.15) is 11.4 Å². The van der Waals surface area contributed by atoms with E-state index in [0.717, 1.165) is 11.3 Å². The number of nitrogens with one attached hydrogen (secondary N) is 1. The van der Waals surface area contributed by atoms with Gasteiger partial charge >= 0.3 is 6.09 Å². The second kappa shape index (κ2) is 6.18. The van der Waals surface area contributed by atoms with E-state index >= 15 is 0 Å². The zero-order chi connectivity index (χ0) is 15.6. The van der Waals surface area contributed by atoms with Crippen LogP contribution in [0.25, 0.3) is 0 Å². The maximum atomic E-state index is 11.7. The number of nitrogens with two attached hydrogens (primary N) is 1. The van der Waals surface area contributed by atoms with E-state index in [1.165, 1.54) is 0 Å². The van der Waals surface area contributed by atoms with Crippen LogP contribution in [-0.4, -0.2) is 24.8 Å². The highest BCUT2D eigenvalue weighted by Gasteiger charge is 2.32. The average molecular weight is 347 g/mol. The van der Waals surface area contributed by atoms with Gasteiger partial charge in [0, 0.05) is 13.1 Å². The summed E-state index contributed by atoms with van der Waals surface area (Å²) in [5.74, 6) is 0.767. The number of halogens is 1. The molecule has 1 unspecified atom stereocenters. The van der Waals surface area contributed by atoms with Gasteiger partial charge < -0.3 is 20.2 Å². The Bertz CT molecular complexity index is 479. The van der Waals surface area contributed by atoms with Crippen molar-refractivity contribution >= 4 is 22.0 Å². The molecular weight excluding hydrogens is 324 g/mol. The summed E-state index contributed by atoms with van der Waals surface area (Å²) in [5, 5.41) is 2.75. The van der Waals surface area contributed by atoms with Crippen LogP contribution in [0.5, 0.6) is 0 Å². The van der Waals surface area contributed by atoms with Crippen LogP contribution in [0, 0.1) is 6.92 Å². The molecule has 1 aromatic heterocycles. The summed E-state index contributed by atoms with van der Waals surface area (Å²) in [4.78, 5) is 11.7. The highest BCUT2D eigenvalue weighted by Crippen LogP contribution is 2.30. The molecule has 0 bridgehead atoms. The normalized spacial score (nSPS) is 14.8. The summed E-state index contributed by atoms with van der Waals surface area (Å²) < 4.78 is 11.5. The SMILES string of the molecule is Cc1cc(Br)oc1C(C)(CN)CNC(=O)OC(C)(C)C. The van der Waals surface area contributed by atoms with Gasteiger partial charge in [0.15, 0.2) is 4.67 Å². The fourth-order valence-corrected chi connectivity index (χ4v) is 2.37. The Balaban J connectivity index is 2.76. The van der Waals surface area contributed by atoms with Gasteiger partial charge in [0.05, 0.1) is 5.41 Å². The number of hydrogen-bond donors (Lipinski definition) is 2. The minimum atomic E-state index is -0.521. The smallest absolute Gasteiger partial charge is 0.407 e. The third-order valence-corrected chi connectivity index (χ3v) is 3.30. The van der Waals surface area contributed by atoms with Crippen molar-refractivity contribution in [3.63, 3.8) is 0 Å². The molecule has 20 heavy (non-hydrogen) atoms. The van der Waals surface area contributed by atoms with Gasteiger partial charge in [-0.15, -0.1) is 0 Å². The van der Waals surface area contributed by atoms with Gasteiger partial charge in [0.25, 0.3) is 0 Å². The maximum absolute atomic E-state index is 11.7. The maximum Gasteiger partial charge on any atom is 0.407 e. The number of ether oxygens (including phenoxy) is 1. The molecule has 5 nitrogen and oxygen atoms in total. The first-order valence-corrected chi connectivity index (χ1v) is 7.30. The summed E-state index contributed by atoms with van der Waals surface area (Å²) >= 11 is 3.30. The van der Waals surface area contributed by atoms with Crippen LogP contribution in [0.4, 0.5) is 4.79 Å². The van der Waals surface area contributed by atoms with E-state index in [1.54, 1.807) is 0 Å². The Morgan fingerprint density at radius 1 is 1.45 bits per heavy atom. The molecule has 0 aliphatic carbocycles. The molecule has 0 saturated heterocycles. The zero-order valence-corrected chi connectivity index (χ0v) is 14.3. The van der Waals surface area contributed by atoms with E-state index in [9.17, 15) is 4.79 Å². The lowest BCUT2D eigenvalue weighted by Crippen LogP contribution is -2.45. The van der Waals surface area contributed by atoms with Crippen LogP contribution in [-0.2, 0) is 10.2 Å². The van der Waals surface area contributed by atoms with E-state index in [1.807, 2.05) is 40.7 Å². The van der Waals surface area contributed by atoms with E-state index in [0.29, 0.717) is 17.8 Å². The van der Waals surface area contributed by atoms with Crippen LogP contribution in [0.2, 0.25) is 0 Å². The first-order chi connectivity index (χ1) is 9.07. The van der Waals surface area contributed by atoms with Gasteiger partial charge in [-0.2, -0.15) is 0 Å². The van der Waals surface area contributed by atoms with Crippen LogP contribution >= 0.6 is 15.9 Å². The lowest BCUT2D eigenvalue weighted by molar-refractivity contribution is 0.0514. The Hall–Kier alpha value is -1.01. The van der Waals surface area contributed by atoms with E-state index in [4.69, 9.17) is 14.9 Å². The van der Waals surface area contributed by atoms with Gasteiger partial charge in [-0.1, -0.05) is 0 Å². The molecule has 0 aromatic carbocycles. The topological polar surface area (TPSA) is 77.5 Å². The fraction of sp³-hybridized carbons (Fsp3) is 0.643. The Kier molecular flexibility index (Phi) is 5.27. The summed E-state index contributed by atoms with van der Waals surface area (Å²) in [6.45, 7) is 10.1. The van der Waals surface area contributed by atoms with Crippen molar-refractivity contribution in [3.8, 4) is 0 Å². The van der Waals surface area contributed by atoms with Crippen molar-refractivity contribution in [1.29, 1.82) is 0 Å². The Labute approximate surface area is 128 Å². The second-order valence-corrected chi connectivity index (χ2v) is 6.96. The number of alkyl carbamates (subject to hydrolysis) is 1. The Morgan fingerprint density at radius 2 is 2.05 bits per heavy atom. The molecule has 1 amide bonds. The molecule has 1 rings (SSSR count). The lowest BCUT2D eigenvalue weighted by Gasteiger charge is -2.28. The van der Waals surface area contributed by atoms with Crippen molar-refractivity contribution in [2.75, 3.05) is 13.1 Å². The van der Waals surface area contributed by atoms with Crippen LogP contribution in [0.1, 0.15) is 39.0 Å². The number of carbonyl (C=O) groups excluding carboxylic acids is 1. The van der Waals surface area contributed by atoms with Crippen LogP contribution in [0.15, 0.2) is 15.2 Å². The number of amides is 1. The average Bonchev–Trinajstić information content (AvgIpc) is 2.64. The number of furan rings is 1. The fourth-order valence-electron chi connectivity index (χ4n) is 1.87. The van der Waals surface area contributed by atoms with Crippen molar-refractivity contribution in [2.45, 2.75) is 45.6 Å². The summed E-state index contributed by atoms with van der Waals surface area (Å²) in [7, 11) is 0. The lowest BCUT2D eigenvalue weighted by atomic mass is 9.86. The molecular formula is C14H23BrN2O3. The van der Waals surface area contributed by atoms with Gasteiger partial charge in [-0.3, -0.25) is 0 Å². The number of hydrogen-bond acceptors (Lipinski definition) is 4. The minimum Gasteiger partial charge on any atom is -0.453 e. The van der Waals surface area contributed by atoms with Crippen LogP contribution in [0.3, 0.4) is 0 Å². The largest absolute Gasteiger partial charge is 0.453 e. The molecule has 0 spiro atoms. The number of aryl methyl sites for hydroxylation is 1. The summed E-state index contributed by atoms with van der Waals surface area (Å²) in [6.07, 6.45) is -0.458. The quantitative estimate of drug-likeness (QED) is 0.877. The van der Waals surface area contributed by atoms with Crippen molar-refractivity contribution in [3.05, 3.63) is 22.1 Å². The van der Waals surface area contributed by atoms with E-state index in [-0.39, 0.29) is 0 Å². The molecule has 0 radical (unpaired) electrons. The predicted octanol–water partition coefficient (Wildman–Crippen LogP) is 3.09. The second-order valence-electron chi connectivity index (χ2n) is 6.18. The molecule has 0 aliphatic rings. The van der Waals surface area contributed by atoms with E-state index < -0.39 is 17.1 Å². The molecule has 0 fully saturated rings. The summed E-state index contributed by atoms with van der Waals surface area (Å²) in [5.41, 5.74) is 5.86. The third kappa shape index (κ3) is 4.52. The first-order valence-electron chi connectivity index (χ1n) is 6.51. The monoisotopic (exact) mass is 346 g/mol. The highest BCUT2D eigenvalue weighted by atomic mass is 79.9. The third-order valence-electron chi connectivity index (χ3n) is 2.91. The highest BCUT2D eigenvalue weighted by molar-refractivity contribution is 9.10. The van der Waals surface area contributed by atoms with Gasteiger partial charge in [-0.05, 0) is 62.2 Å².